The molecule has 1 fully saturated rings. The second-order valence-corrected chi connectivity index (χ2v) is 9.34. The molecule has 4 aromatic rings. The van der Waals surface area contributed by atoms with Crippen molar-refractivity contribution in [2.75, 3.05) is 32.0 Å². The summed E-state index contributed by atoms with van der Waals surface area (Å²) in [5, 5.41) is 0.885. The number of aryl methyl sites for hydroxylation is 2. The van der Waals surface area contributed by atoms with E-state index in [1.165, 1.54) is 12.1 Å². The van der Waals surface area contributed by atoms with Crippen LogP contribution >= 0.6 is 0 Å². The molecule has 0 unspecified atom stereocenters. The number of ether oxygens (including phenoxy) is 1. The number of allylic oxidation sites excluding steroid dienone is 1. The molecule has 2 N–H and O–H groups in total. The Bertz CT molecular complexity index is 1520. The van der Waals surface area contributed by atoms with Crippen LogP contribution in [0.1, 0.15) is 33.7 Å². The van der Waals surface area contributed by atoms with Gasteiger partial charge in [0.2, 0.25) is 0 Å². The molecule has 194 valence electrons. The first-order valence-electron chi connectivity index (χ1n) is 12.5. The van der Waals surface area contributed by atoms with Crippen molar-refractivity contribution in [2.24, 2.45) is 0 Å². The number of anilines is 1. The Labute approximate surface area is 219 Å². The lowest BCUT2D eigenvalue weighted by atomic mass is 9.98. The van der Waals surface area contributed by atoms with Gasteiger partial charge < -0.3 is 19.8 Å². The van der Waals surface area contributed by atoms with Crippen LogP contribution in [0.15, 0.2) is 65.2 Å². The van der Waals surface area contributed by atoms with Crippen LogP contribution in [0.3, 0.4) is 0 Å². The molecule has 8 heteroatoms. The standard InChI is InChI=1S/C30H28FN3O4/c1-19-14-22(21-4-8-27(31)26(17-21)30(36)34-10-12-37-13-11-34)15-23-16-25(38-29(19)23)7-6-24(35)5-2-20-3-9-28(32)33-18-20/h2-5,8-9,14-18H,6-7,10-13H2,1H3,(H2,32,33)/b5-2+. The van der Waals surface area contributed by atoms with Crippen molar-refractivity contribution in [3.8, 4) is 11.1 Å². The molecular formula is C30H28FN3O4. The topological polar surface area (TPSA) is 98.7 Å². The van der Waals surface area contributed by atoms with Crippen LogP contribution in [0, 0.1) is 12.7 Å². The number of carbonyl (C=O) groups is 2. The van der Waals surface area contributed by atoms with E-state index in [-0.39, 0.29) is 17.3 Å². The molecule has 0 saturated carbocycles. The smallest absolute Gasteiger partial charge is 0.257 e. The number of rotatable bonds is 7. The van der Waals surface area contributed by atoms with Crippen LogP contribution < -0.4 is 5.73 Å². The normalized spacial score (nSPS) is 13.9. The van der Waals surface area contributed by atoms with Crippen molar-refractivity contribution in [2.45, 2.75) is 19.8 Å². The van der Waals surface area contributed by atoms with E-state index in [1.54, 1.807) is 41.4 Å². The van der Waals surface area contributed by atoms with Gasteiger partial charge in [-0.2, -0.15) is 0 Å². The number of hydrogen-bond acceptors (Lipinski definition) is 6. The summed E-state index contributed by atoms with van der Waals surface area (Å²) in [6, 6.07) is 13.9. The summed E-state index contributed by atoms with van der Waals surface area (Å²) in [5.74, 6) is 0.238. The number of benzene rings is 2. The number of furan rings is 1. The highest BCUT2D eigenvalue weighted by molar-refractivity contribution is 5.96. The first-order chi connectivity index (χ1) is 18.4. The number of aromatic nitrogens is 1. The highest BCUT2D eigenvalue weighted by atomic mass is 19.1. The largest absolute Gasteiger partial charge is 0.461 e. The lowest BCUT2D eigenvalue weighted by Gasteiger charge is -2.27. The Kier molecular flexibility index (Phi) is 7.33. The molecule has 38 heavy (non-hydrogen) atoms. The molecule has 5 rings (SSSR count). The van der Waals surface area contributed by atoms with Crippen molar-refractivity contribution < 1.29 is 23.1 Å². The summed E-state index contributed by atoms with van der Waals surface area (Å²) in [7, 11) is 0. The third-order valence-electron chi connectivity index (χ3n) is 6.57. The molecule has 0 aliphatic carbocycles. The zero-order valence-electron chi connectivity index (χ0n) is 21.1. The Hall–Kier alpha value is -4.30. The number of hydrogen-bond donors (Lipinski definition) is 1. The number of nitrogens with zero attached hydrogens (tertiary/aromatic N) is 2. The fraction of sp³-hybridized carbons (Fsp3) is 0.233. The predicted molar refractivity (Wildman–Crippen MR) is 144 cm³/mol. The predicted octanol–water partition coefficient (Wildman–Crippen LogP) is 5.21. The van der Waals surface area contributed by atoms with E-state index in [0.29, 0.717) is 50.7 Å². The molecule has 2 aromatic carbocycles. The van der Waals surface area contributed by atoms with Gasteiger partial charge in [0.15, 0.2) is 5.78 Å². The zero-order valence-corrected chi connectivity index (χ0v) is 21.1. The summed E-state index contributed by atoms with van der Waals surface area (Å²) in [6.45, 7) is 3.74. The molecule has 3 heterocycles. The molecular weight excluding hydrogens is 485 g/mol. The number of pyridine rings is 1. The first-order valence-corrected chi connectivity index (χ1v) is 12.5. The lowest BCUT2D eigenvalue weighted by Crippen LogP contribution is -2.41. The maximum absolute atomic E-state index is 14.6. The van der Waals surface area contributed by atoms with Crippen LogP contribution in [0.2, 0.25) is 0 Å². The highest BCUT2D eigenvalue weighted by Gasteiger charge is 2.22. The summed E-state index contributed by atoms with van der Waals surface area (Å²) in [5.41, 5.74) is 9.69. The molecule has 1 amide bonds. The van der Waals surface area contributed by atoms with Gasteiger partial charge in [-0.1, -0.05) is 6.07 Å². The number of nitrogen functional groups attached to an aromatic ring is 1. The third kappa shape index (κ3) is 5.65. The molecule has 1 aliphatic heterocycles. The Balaban J connectivity index is 1.32. The fourth-order valence-electron chi connectivity index (χ4n) is 4.51. The summed E-state index contributed by atoms with van der Waals surface area (Å²) in [4.78, 5) is 30.9. The van der Waals surface area contributed by atoms with Gasteiger partial charge in [-0.15, -0.1) is 0 Å². The maximum atomic E-state index is 14.6. The van der Waals surface area contributed by atoms with Gasteiger partial charge in [0, 0.05) is 37.5 Å². The quantitative estimate of drug-likeness (QED) is 0.341. The SMILES string of the molecule is Cc1cc(-c2ccc(F)c(C(=O)N3CCOCC3)c2)cc2cc(CCC(=O)/C=C/c3ccc(N)nc3)oc12. The van der Waals surface area contributed by atoms with Gasteiger partial charge in [-0.05, 0) is 83.8 Å². The summed E-state index contributed by atoms with van der Waals surface area (Å²) >= 11 is 0. The highest BCUT2D eigenvalue weighted by Crippen LogP contribution is 2.31. The van der Waals surface area contributed by atoms with Crippen molar-refractivity contribution in [1.29, 1.82) is 0 Å². The Morgan fingerprint density at radius 1 is 1.08 bits per heavy atom. The maximum Gasteiger partial charge on any atom is 0.257 e. The first kappa shape index (κ1) is 25.4. The number of carbonyl (C=O) groups excluding carboxylic acids is 2. The average Bonchev–Trinajstić information content (AvgIpc) is 3.36. The number of morpholine rings is 1. The van der Waals surface area contributed by atoms with E-state index in [1.807, 2.05) is 25.1 Å². The van der Waals surface area contributed by atoms with Crippen molar-refractivity contribution in [3.63, 3.8) is 0 Å². The van der Waals surface area contributed by atoms with Crippen LogP contribution in [-0.2, 0) is 16.0 Å². The van der Waals surface area contributed by atoms with E-state index < -0.39 is 5.82 Å². The van der Waals surface area contributed by atoms with Gasteiger partial charge in [0.25, 0.3) is 5.91 Å². The van der Waals surface area contributed by atoms with Crippen LogP contribution in [0.25, 0.3) is 28.2 Å². The number of ketones is 1. The number of fused-ring (bicyclic) bond motifs is 1. The van der Waals surface area contributed by atoms with Crippen LogP contribution in [0.5, 0.6) is 0 Å². The van der Waals surface area contributed by atoms with Crippen molar-refractivity contribution in [3.05, 3.63) is 89.1 Å². The minimum Gasteiger partial charge on any atom is -0.461 e. The molecule has 1 aliphatic rings. The fourth-order valence-corrected chi connectivity index (χ4v) is 4.51. The monoisotopic (exact) mass is 513 g/mol. The van der Waals surface area contributed by atoms with Gasteiger partial charge in [-0.3, -0.25) is 9.59 Å². The third-order valence-corrected chi connectivity index (χ3v) is 6.57. The van der Waals surface area contributed by atoms with E-state index in [9.17, 15) is 14.0 Å². The van der Waals surface area contributed by atoms with E-state index in [0.717, 1.165) is 33.2 Å². The van der Waals surface area contributed by atoms with Gasteiger partial charge in [0.1, 0.15) is 23.0 Å². The molecule has 2 aromatic heterocycles. The second kappa shape index (κ2) is 11.0. The van der Waals surface area contributed by atoms with E-state index >= 15 is 0 Å². The average molecular weight is 514 g/mol. The number of amides is 1. The Morgan fingerprint density at radius 2 is 1.89 bits per heavy atom. The molecule has 0 atom stereocenters. The summed E-state index contributed by atoms with van der Waals surface area (Å²) in [6.07, 6.45) is 5.62. The lowest BCUT2D eigenvalue weighted by molar-refractivity contribution is -0.114. The second-order valence-electron chi connectivity index (χ2n) is 9.34. The Morgan fingerprint density at radius 3 is 2.66 bits per heavy atom. The van der Waals surface area contributed by atoms with Gasteiger partial charge in [0.05, 0.1) is 18.8 Å². The molecule has 7 nitrogen and oxygen atoms in total. The number of nitrogens with two attached hydrogens (primary N) is 1. The molecule has 0 bridgehead atoms. The van der Waals surface area contributed by atoms with E-state index in [2.05, 4.69) is 4.98 Å². The minimum atomic E-state index is -0.542. The van der Waals surface area contributed by atoms with Gasteiger partial charge >= 0.3 is 0 Å². The molecule has 0 spiro atoms. The molecule has 0 radical (unpaired) electrons. The zero-order chi connectivity index (χ0) is 26.6. The minimum absolute atomic E-state index is 0.0246. The van der Waals surface area contributed by atoms with Gasteiger partial charge in [-0.25, -0.2) is 9.37 Å². The van der Waals surface area contributed by atoms with Crippen LogP contribution in [-0.4, -0.2) is 47.9 Å². The summed E-state index contributed by atoms with van der Waals surface area (Å²) < 4.78 is 26.0. The van der Waals surface area contributed by atoms with Crippen molar-refractivity contribution in [1.82, 2.24) is 9.88 Å². The van der Waals surface area contributed by atoms with Crippen LogP contribution in [0.4, 0.5) is 10.2 Å². The molecule has 1 saturated heterocycles. The number of halogens is 1. The van der Waals surface area contributed by atoms with E-state index in [4.69, 9.17) is 14.9 Å². The van der Waals surface area contributed by atoms with Crippen molar-refractivity contribution >= 4 is 34.6 Å².